The first-order valence-electron chi connectivity index (χ1n) is 22.3. The van der Waals surface area contributed by atoms with Crippen molar-refractivity contribution in [2.45, 2.75) is 10.8 Å². The van der Waals surface area contributed by atoms with Crippen LogP contribution in [0.15, 0.2) is 224 Å². The minimum absolute atomic E-state index is 0.406. The van der Waals surface area contributed by atoms with E-state index in [0.717, 1.165) is 5.69 Å². The molecule has 4 aliphatic carbocycles. The Kier molecular flexibility index (Phi) is 6.76. The Morgan fingerprint density at radius 1 is 0.297 bits per heavy atom. The van der Waals surface area contributed by atoms with E-state index in [1.54, 1.807) is 0 Å². The minimum atomic E-state index is -0.447. The Hall–Kier alpha value is -7.78. The van der Waals surface area contributed by atoms with Crippen molar-refractivity contribution in [2.75, 3.05) is 4.90 Å². The topological polar surface area (TPSA) is 3.24 Å². The van der Waals surface area contributed by atoms with E-state index in [1.807, 2.05) is 11.3 Å². The van der Waals surface area contributed by atoms with Gasteiger partial charge in [-0.05, 0) is 114 Å². The number of anilines is 3. The van der Waals surface area contributed by atoms with Gasteiger partial charge >= 0.3 is 0 Å². The van der Waals surface area contributed by atoms with Gasteiger partial charge in [-0.2, -0.15) is 0 Å². The molecule has 0 amide bonds. The van der Waals surface area contributed by atoms with Gasteiger partial charge in [0, 0.05) is 26.7 Å². The molecule has 0 saturated carbocycles. The molecule has 2 heteroatoms. The van der Waals surface area contributed by atoms with Crippen LogP contribution in [0.2, 0.25) is 0 Å². The molecule has 11 aromatic rings. The molecule has 296 valence electrons. The smallest absolute Gasteiger partial charge is 0.0726 e. The summed E-state index contributed by atoms with van der Waals surface area (Å²) in [6.07, 6.45) is 0. The van der Waals surface area contributed by atoms with Gasteiger partial charge in [0.2, 0.25) is 0 Å². The third-order valence-corrected chi connectivity index (χ3v) is 16.3. The van der Waals surface area contributed by atoms with E-state index in [1.165, 1.54) is 121 Å². The molecule has 10 aromatic carbocycles. The van der Waals surface area contributed by atoms with Crippen LogP contribution in [-0.2, 0) is 10.8 Å². The summed E-state index contributed by atoms with van der Waals surface area (Å²) in [5.41, 5.74) is 23.9. The van der Waals surface area contributed by atoms with Crippen molar-refractivity contribution < 1.29 is 0 Å². The van der Waals surface area contributed by atoms with E-state index in [9.17, 15) is 0 Å². The molecule has 0 N–H and O–H groups in total. The lowest BCUT2D eigenvalue weighted by Gasteiger charge is -2.32. The SMILES string of the molecule is c1ccc2c(c1)-c1ccccc1C21c2ccccc2-c2cc(N(c3cccc4c3-c3ccccc3C43c4ccccc4-c4ccccc43)c3cccc4c3sc3ccccc34)ccc21. The van der Waals surface area contributed by atoms with Crippen molar-refractivity contribution in [1.29, 1.82) is 0 Å². The van der Waals surface area contributed by atoms with Crippen molar-refractivity contribution in [3.05, 3.63) is 269 Å². The maximum atomic E-state index is 2.60. The molecule has 2 spiro atoms. The maximum Gasteiger partial charge on any atom is 0.0726 e. The molecular weight excluding hydrogens is 791 g/mol. The number of hydrogen-bond acceptors (Lipinski definition) is 2. The van der Waals surface area contributed by atoms with Gasteiger partial charge in [0.15, 0.2) is 0 Å². The summed E-state index contributed by atoms with van der Waals surface area (Å²) in [4.78, 5) is 2.60. The van der Waals surface area contributed by atoms with E-state index >= 15 is 0 Å². The van der Waals surface area contributed by atoms with Crippen molar-refractivity contribution >= 4 is 48.6 Å². The normalized spacial score (nSPS) is 14.5. The van der Waals surface area contributed by atoms with Crippen LogP contribution in [-0.4, -0.2) is 0 Å². The number of nitrogens with zero attached hydrogens (tertiary/aromatic N) is 1. The third kappa shape index (κ3) is 4.07. The highest BCUT2D eigenvalue weighted by atomic mass is 32.1. The van der Waals surface area contributed by atoms with Crippen LogP contribution in [0.1, 0.15) is 44.5 Å². The van der Waals surface area contributed by atoms with Crippen LogP contribution in [0.4, 0.5) is 17.1 Å². The summed E-state index contributed by atoms with van der Waals surface area (Å²) in [6, 6.07) is 85.1. The molecule has 0 unspecified atom stereocenters. The highest BCUT2D eigenvalue weighted by Crippen LogP contribution is 2.66. The van der Waals surface area contributed by atoms with Gasteiger partial charge in [-0.25, -0.2) is 0 Å². The van der Waals surface area contributed by atoms with Crippen molar-refractivity contribution in [3.63, 3.8) is 0 Å². The van der Waals surface area contributed by atoms with Gasteiger partial charge in [-0.15, -0.1) is 11.3 Å². The number of hydrogen-bond donors (Lipinski definition) is 0. The molecule has 0 fully saturated rings. The zero-order chi connectivity index (χ0) is 41.7. The van der Waals surface area contributed by atoms with Gasteiger partial charge in [0.25, 0.3) is 0 Å². The number of thiophene rings is 1. The van der Waals surface area contributed by atoms with Crippen molar-refractivity contribution in [1.82, 2.24) is 0 Å². The monoisotopic (exact) mass is 827 g/mol. The second-order valence-electron chi connectivity index (χ2n) is 17.8. The summed E-state index contributed by atoms with van der Waals surface area (Å²) in [7, 11) is 0. The molecule has 0 radical (unpaired) electrons. The summed E-state index contributed by atoms with van der Waals surface area (Å²) < 4.78 is 2.59. The lowest BCUT2D eigenvalue weighted by Crippen LogP contribution is -2.26. The number of rotatable bonds is 3. The highest BCUT2D eigenvalue weighted by Gasteiger charge is 2.54. The van der Waals surface area contributed by atoms with Crippen LogP contribution >= 0.6 is 11.3 Å². The highest BCUT2D eigenvalue weighted by molar-refractivity contribution is 7.26. The zero-order valence-corrected chi connectivity index (χ0v) is 35.5. The van der Waals surface area contributed by atoms with Crippen molar-refractivity contribution in [3.8, 4) is 44.5 Å². The fraction of sp³-hybridized carbons (Fsp3) is 0.0323. The van der Waals surface area contributed by atoms with Gasteiger partial charge in [-0.1, -0.05) is 194 Å². The largest absolute Gasteiger partial charge is 0.308 e. The molecule has 15 rings (SSSR count). The molecule has 0 saturated heterocycles. The first kappa shape index (κ1) is 34.8. The van der Waals surface area contributed by atoms with E-state index in [2.05, 4.69) is 229 Å². The fourth-order valence-electron chi connectivity index (χ4n) is 12.9. The lowest BCUT2D eigenvalue weighted by atomic mass is 9.70. The summed E-state index contributed by atoms with van der Waals surface area (Å²) in [5.74, 6) is 0. The molecular formula is C62H37NS. The molecule has 1 nitrogen and oxygen atoms in total. The maximum absolute atomic E-state index is 2.60. The molecule has 0 aliphatic heterocycles. The van der Waals surface area contributed by atoms with Crippen LogP contribution in [0.5, 0.6) is 0 Å². The second-order valence-corrected chi connectivity index (χ2v) is 18.8. The Balaban J connectivity index is 1.05. The standard InChI is InChI=1S/C62H37NS/c1-8-25-48-39(17-1)40-18-2-9-26-49(40)61(48)52-29-12-5-21-43(52)47-37-38(35-36-54(47)61)63(57-33-15-24-45-44-22-7-14-34-58(44)64-60(45)57)56-32-16-31-55-59(56)46-23-6-13-30-53(46)62(55)50-27-10-3-19-41(50)42-20-4-11-28-51(42)62/h1-37H. The number of benzene rings is 10. The van der Waals surface area contributed by atoms with E-state index in [-0.39, 0.29) is 0 Å². The van der Waals surface area contributed by atoms with Crippen molar-refractivity contribution in [2.24, 2.45) is 0 Å². The Morgan fingerprint density at radius 3 is 1.30 bits per heavy atom. The van der Waals surface area contributed by atoms with Crippen LogP contribution in [0.3, 0.4) is 0 Å². The average molecular weight is 828 g/mol. The van der Waals surface area contributed by atoms with Gasteiger partial charge in [0.05, 0.1) is 26.9 Å². The first-order chi connectivity index (χ1) is 31.8. The quantitative estimate of drug-likeness (QED) is 0.171. The lowest BCUT2D eigenvalue weighted by molar-refractivity contribution is 0.793. The van der Waals surface area contributed by atoms with E-state index in [0.29, 0.717) is 0 Å². The number of fused-ring (bicyclic) bond motifs is 23. The summed E-state index contributed by atoms with van der Waals surface area (Å²) >= 11 is 1.90. The molecule has 4 aliphatic rings. The van der Waals surface area contributed by atoms with E-state index < -0.39 is 10.8 Å². The predicted molar refractivity (Wildman–Crippen MR) is 267 cm³/mol. The molecule has 0 atom stereocenters. The fourth-order valence-corrected chi connectivity index (χ4v) is 14.1. The zero-order valence-electron chi connectivity index (χ0n) is 34.7. The third-order valence-electron chi connectivity index (χ3n) is 15.1. The molecule has 0 bridgehead atoms. The summed E-state index contributed by atoms with van der Waals surface area (Å²) in [6.45, 7) is 0. The molecule has 1 heterocycles. The Bertz CT molecular complexity index is 3740. The Morgan fingerprint density at radius 2 is 0.703 bits per heavy atom. The van der Waals surface area contributed by atoms with Crippen LogP contribution < -0.4 is 4.90 Å². The van der Waals surface area contributed by atoms with E-state index in [4.69, 9.17) is 0 Å². The van der Waals surface area contributed by atoms with Crippen LogP contribution in [0.25, 0.3) is 64.7 Å². The van der Waals surface area contributed by atoms with Gasteiger partial charge < -0.3 is 4.90 Å². The minimum Gasteiger partial charge on any atom is -0.308 e. The molecule has 1 aromatic heterocycles. The summed E-state index contributed by atoms with van der Waals surface area (Å²) in [5, 5.41) is 2.59. The molecule has 64 heavy (non-hydrogen) atoms. The van der Waals surface area contributed by atoms with Gasteiger partial charge in [0.1, 0.15) is 0 Å². The first-order valence-corrected chi connectivity index (χ1v) is 23.2. The average Bonchev–Trinajstić information content (AvgIpc) is 4.13. The predicted octanol–water partition coefficient (Wildman–Crippen LogP) is 16.2. The van der Waals surface area contributed by atoms with Crippen LogP contribution in [0, 0.1) is 0 Å². The van der Waals surface area contributed by atoms with Gasteiger partial charge in [-0.3, -0.25) is 0 Å². The Labute approximate surface area is 375 Å². The second kappa shape index (κ2) is 12.4.